The van der Waals surface area contributed by atoms with Crippen molar-refractivity contribution in [3.05, 3.63) is 53.3 Å². The number of hydrogen-bond donors (Lipinski definition) is 2. The van der Waals surface area contributed by atoms with E-state index in [1.54, 1.807) is 4.90 Å². The van der Waals surface area contributed by atoms with Crippen LogP contribution in [-0.4, -0.2) is 50.7 Å². The lowest BCUT2D eigenvalue weighted by atomic mass is 9.99. The van der Waals surface area contributed by atoms with E-state index in [-0.39, 0.29) is 24.0 Å². The largest absolute Gasteiger partial charge is 0.353 e. The van der Waals surface area contributed by atoms with Crippen LogP contribution in [0.15, 0.2) is 36.5 Å². The predicted octanol–water partition coefficient (Wildman–Crippen LogP) is 4.37. The summed E-state index contributed by atoms with van der Waals surface area (Å²) in [5, 5.41) is 11.6. The maximum absolute atomic E-state index is 12.7. The van der Waals surface area contributed by atoms with Gasteiger partial charge in [0.25, 0.3) is 0 Å². The topological polar surface area (TPSA) is 92.2 Å². The molecule has 8 heteroatoms. The fraction of sp³-hybridized carbons (Fsp3) is 0.462. The highest BCUT2D eigenvalue weighted by atomic mass is 16.2. The molecule has 180 valence electrons. The van der Waals surface area contributed by atoms with Crippen LogP contribution in [0.25, 0.3) is 11.0 Å². The first-order chi connectivity index (χ1) is 16.3. The Morgan fingerprint density at radius 1 is 1.12 bits per heavy atom. The zero-order valence-electron chi connectivity index (χ0n) is 20.5. The monoisotopic (exact) mass is 462 g/mol. The van der Waals surface area contributed by atoms with Crippen LogP contribution >= 0.6 is 0 Å². The van der Waals surface area contributed by atoms with Crippen molar-refractivity contribution in [3.8, 4) is 0 Å². The van der Waals surface area contributed by atoms with E-state index in [2.05, 4.69) is 36.5 Å². The Morgan fingerprint density at radius 3 is 2.50 bits per heavy atom. The number of hydrogen-bond acceptors (Lipinski definition) is 4. The van der Waals surface area contributed by atoms with Gasteiger partial charge in [0, 0.05) is 48.4 Å². The quantitative estimate of drug-likeness (QED) is 0.569. The molecule has 34 heavy (non-hydrogen) atoms. The summed E-state index contributed by atoms with van der Waals surface area (Å²) in [5.41, 5.74) is 4.93. The minimum absolute atomic E-state index is 0.0453. The minimum atomic E-state index is -0.0920. The molecule has 0 spiro atoms. The number of likely N-dealkylation sites (tertiary alicyclic amines) is 1. The fourth-order valence-corrected chi connectivity index (χ4v) is 4.63. The van der Waals surface area contributed by atoms with Crippen molar-refractivity contribution in [2.24, 2.45) is 0 Å². The Labute approximate surface area is 200 Å². The molecule has 2 aromatic heterocycles. The Kier molecular flexibility index (Phi) is 7.14. The summed E-state index contributed by atoms with van der Waals surface area (Å²) < 4.78 is 1.94. The predicted molar refractivity (Wildman–Crippen MR) is 134 cm³/mol. The molecular weight excluding hydrogens is 428 g/mol. The molecule has 3 heterocycles. The summed E-state index contributed by atoms with van der Waals surface area (Å²) in [5.74, 6) is 0.0453. The molecule has 1 aliphatic heterocycles. The lowest BCUT2D eigenvalue weighted by Crippen LogP contribution is -2.47. The maximum Gasteiger partial charge on any atom is 0.321 e. The van der Waals surface area contributed by atoms with E-state index in [0.717, 1.165) is 46.4 Å². The summed E-state index contributed by atoms with van der Waals surface area (Å²) in [6.45, 7) is 9.54. The van der Waals surface area contributed by atoms with Gasteiger partial charge in [-0.15, -0.1) is 0 Å². The van der Waals surface area contributed by atoms with Crippen molar-refractivity contribution < 1.29 is 9.59 Å². The third-order valence-electron chi connectivity index (χ3n) is 6.60. The number of pyridine rings is 1. The number of urea groups is 1. The molecule has 3 amide bonds. The number of anilines is 1. The molecule has 1 saturated heterocycles. The van der Waals surface area contributed by atoms with Gasteiger partial charge in [-0.25, -0.2) is 14.5 Å². The molecule has 0 aliphatic carbocycles. The van der Waals surface area contributed by atoms with Crippen molar-refractivity contribution in [1.29, 1.82) is 0 Å². The molecule has 1 aliphatic rings. The first kappa shape index (κ1) is 23.7. The average molecular weight is 463 g/mol. The van der Waals surface area contributed by atoms with E-state index in [9.17, 15) is 9.59 Å². The Morgan fingerprint density at radius 2 is 1.82 bits per heavy atom. The van der Waals surface area contributed by atoms with E-state index in [1.165, 1.54) is 0 Å². The molecule has 0 radical (unpaired) electrons. The Balaban J connectivity index is 1.28. The highest BCUT2D eigenvalue weighted by molar-refractivity contribution is 5.89. The molecule has 0 unspecified atom stereocenters. The molecule has 3 aromatic rings. The fourth-order valence-electron chi connectivity index (χ4n) is 4.63. The van der Waals surface area contributed by atoms with Gasteiger partial charge in [-0.3, -0.25) is 4.79 Å². The number of carbonyl (C=O) groups excluding carboxylic acids is 2. The number of nitrogens with one attached hydrogen (secondary N) is 2. The van der Waals surface area contributed by atoms with Gasteiger partial charge in [-0.1, -0.05) is 18.2 Å². The number of piperidine rings is 1. The number of amides is 3. The number of carbonyl (C=O) groups is 2. The van der Waals surface area contributed by atoms with Crippen molar-refractivity contribution >= 4 is 28.7 Å². The summed E-state index contributed by atoms with van der Waals surface area (Å²) in [7, 11) is 0. The zero-order valence-corrected chi connectivity index (χ0v) is 20.5. The Hall–Kier alpha value is -3.42. The van der Waals surface area contributed by atoms with Crippen molar-refractivity contribution in [2.45, 2.75) is 65.5 Å². The van der Waals surface area contributed by atoms with Crippen LogP contribution in [0.1, 0.15) is 56.0 Å². The van der Waals surface area contributed by atoms with Crippen LogP contribution in [0, 0.1) is 13.8 Å². The number of fused-ring (bicyclic) bond motifs is 1. The highest BCUT2D eigenvalue weighted by Crippen LogP contribution is 2.25. The van der Waals surface area contributed by atoms with Gasteiger partial charge in [-0.05, 0) is 70.2 Å². The van der Waals surface area contributed by atoms with E-state index in [0.29, 0.717) is 25.9 Å². The normalized spacial score (nSPS) is 14.6. The molecule has 1 aromatic carbocycles. The molecule has 8 nitrogen and oxygen atoms in total. The number of aryl methyl sites for hydroxylation is 2. The Bertz CT molecular complexity index is 1160. The lowest BCUT2D eigenvalue weighted by molar-refractivity contribution is -0.122. The number of benzene rings is 1. The molecule has 0 bridgehead atoms. The lowest BCUT2D eigenvalue weighted by Gasteiger charge is -2.32. The standard InChI is InChI=1S/C26H34N6O2/c1-17(2)32-25-23(16-27-32)18(3)22(19(4)28-25)10-11-24(33)29-21-12-14-31(15-13-21)26(34)30-20-8-6-5-7-9-20/h5-9,16-17,21H,10-15H2,1-4H3,(H,29,33)(H,30,34). The van der Waals surface area contributed by atoms with Gasteiger partial charge >= 0.3 is 6.03 Å². The first-order valence-electron chi connectivity index (χ1n) is 12.1. The van der Waals surface area contributed by atoms with E-state index >= 15 is 0 Å². The van der Waals surface area contributed by atoms with Crippen molar-refractivity contribution in [1.82, 2.24) is 25.0 Å². The van der Waals surface area contributed by atoms with Gasteiger partial charge in [-0.2, -0.15) is 5.10 Å². The SMILES string of the molecule is Cc1nc2c(cnn2C(C)C)c(C)c1CCC(=O)NC1CCN(C(=O)Nc2ccccc2)CC1. The summed E-state index contributed by atoms with van der Waals surface area (Å²) in [6, 6.07) is 9.71. The van der Waals surface area contributed by atoms with E-state index in [1.807, 2.05) is 48.1 Å². The minimum Gasteiger partial charge on any atom is -0.353 e. The maximum atomic E-state index is 12.7. The van der Waals surface area contributed by atoms with Crippen LogP contribution in [0.4, 0.5) is 10.5 Å². The molecule has 0 atom stereocenters. The number of nitrogens with zero attached hydrogens (tertiary/aromatic N) is 4. The van der Waals surface area contributed by atoms with Crippen LogP contribution in [0.5, 0.6) is 0 Å². The average Bonchev–Trinajstić information content (AvgIpc) is 3.24. The van der Waals surface area contributed by atoms with Gasteiger partial charge in [0.15, 0.2) is 5.65 Å². The number of para-hydroxylation sites is 1. The van der Waals surface area contributed by atoms with E-state index in [4.69, 9.17) is 4.98 Å². The number of aromatic nitrogens is 3. The third kappa shape index (κ3) is 5.21. The van der Waals surface area contributed by atoms with Crippen LogP contribution in [0.2, 0.25) is 0 Å². The van der Waals surface area contributed by atoms with Gasteiger partial charge in [0.1, 0.15) is 0 Å². The van der Waals surface area contributed by atoms with Gasteiger partial charge in [0.05, 0.1) is 6.20 Å². The third-order valence-corrected chi connectivity index (χ3v) is 6.60. The molecule has 1 fully saturated rings. The highest BCUT2D eigenvalue weighted by Gasteiger charge is 2.24. The van der Waals surface area contributed by atoms with E-state index < -0.39 is 0 Å². The van der Waals surface area contributed by atoms with Crippen molar-refractivity contribution in [2.75, 3.05) is 18.4 Å². The first-order valence-corrected chi connectivity index (χ1v) is 12.1. The molecule has 0 saturated carbocycles. The summed E-state index contributed by atoms with van der Waals surface area (Å²) in [4.78, 5) is 31.7. The second-order valence-corrected chi connectivity index (χ2v) is 9.35. The number of rotatable bonds is 6. The van der Waals surface area contributed by atoms with Crippen molar-refractivity contribution in [3.63, 3.8) is 0 Å². The molecule has 4 rings (SSSR count). The van der Waals surface area contributed by atoms with Crippen LogP contribution < -0.4 is 10.6 Å². The summed E-state index contributed by atoms with van der Waals surface area (Å²) in [6.07, 6.45) is 4.46. The van der Waals surface area contributed by atoms with Crippen LogP contribution in [0.3, 0.4) is 0 Å². The van der Waals surface area contributed by atoms with Crippen LogP contribution in [-0.2, 0) is 11.2 Å². The second kappa shape index (κ2) is 10.2. The zero-order chi connectivity index (χ0) is 24.2. The van der Waals surface area contributed by atoms with Gasteiger partial charge < -0.3 is 15.5 Å². The molecular formula is C26H34N6O2. The second-order valence-electron chi connectivity index (χ2n) is 9.35. The smallest absolute Gasteiger partial charge is 0.321 e. The summed E-state index contributed by atoms with van der Waals surface area (Å²) >= 11 is 0. The molecule has 2 N–H and O–H groups in total. The van der Waals surface area contributed by atoms with Gasteiger partial charge in [0.2, 0.25) is 5.91 Å².